The number of hydrogen-bond donors (Lipinski definition) is 0. The molecule has 1 unspecified atom stereocenters. The third-order valence-electron chi connectivity index (χ3n) is 5.92. The first-order valence-corrected chi connectivity index (χ1v) is 11.0. The Bertz CT molecular complexity index is 990. The van der Waals surface area contributed by atoms with Crippen molar-refractivity contribution in [3.8, 4) is 11.5 Å². The zero-order chi connectivity index (χ0) is 21.6. The summed E-state index contributed by atoms with van der Waals surface area (Å²) in [5.74, 6) is 1.58. The van der Waals surface area contributed by atoms with Crippen LogP contribution in [0.15, 0.2) is 72.8 Å². The molecule has 0 aromatic heterocycles. The lowest BCUT2D eigenvalue weighted by molar-refractivity contribution is 0.220. The minimum absolute atomic E-state index is 0.478. The van der Waals surface area contributed by atoms with Gasteiger partial charge in [-0.25, -0.2) is 0 Å². The summed E-state index contributed by atoms with van der Waals surface area (Å²) in [6.45, 7) is 9.06. The molecular formula is C27H32N2O2. The van der Waals surface area contributed by atoms with Gasteiger partial charge in [0.25, 0.3) is 0 Å². The van der Waals surface area contributed by atoms with Crippen LogP contribution in [0.3, 0.4) is 0 Å². The monoisotopic (exact) mass is 416 g/mol. The Labute approximate surface area is 186 Å². The molecule has 0 amide bonds. The normalized spacial score (nSPS) is 16.9. The number of aryl methyl sites for hydroxylation is 1. The van der Waals surface area contributed by atoms with E-state index >= 15 is 0 Å². The molecule has 0 saturated carbocycles. The SMILES string of the molecule is COc1cc(CN2CCN(c3cccc(C)c3)C(C)C2)ccc1OCc1ccccc1. The van der Waals surface area contributed by atoms with Crippen LogP contribution >= 0.6 is 0 Å². The summed E-state index contributed by atoms with van der Waals surface area (Å²) in [7, 11) is 1.71. The Morgan fingerprint density at radius 3 is 2.45 bits per heavy atom. The van der Waals surface area contributed by atoms with Crippen LogP contribution in [0, 0.1) is 6.92 Å². The molecule has 1 saturated heterocycles. The molecule has 4 nitrogen and oxygen atoms in total. The van der Waals surface area contributed by atoms with E-state index in [4.69, 9.17) is 9.47 Å². The summed E-state index contributed by atoms with van der Waals surface area (Å²) in [6.07, 6.45) is 0. The fourth-order valence-electron chi connectivity index (χ4n) is 4.29. The Hall–Kier alpha value is -2.98. The van der Waals surface area contributed by atoms with Crippen molar-refractivity contribution in [2.75, 3.05) is 31.6 Å². The average Bonchev–Trinajstić information content (AvgIpc) is 2.79. The maximum Gasteiger partial charge on any atom is 0.161 e. The van der Waals surface area contributed by atoms with Crippen molar-refractivity contribution in [2.24, 2.45) is 0 Å². The summed E-state index contributed by atoms with van der Waals surface area (Å²) in [5.41, 5.74) is 5.04. The van der Waals surface area contributed by atoms with Crippen LogP contribution in [0.5, 0.6) is 11.5 Å². The number of hydrogen-bond acceptors (Lipinski definition) is 4. The second-order valence-electron chi connectivity index (χ2n) is 8.38. The van der Waals surface area contributed by atoms with Gasteiger partial charge in [0.1, 0.15) is 6.61 Å². The van der Waals surface area contributed by atoms with Gasteiger partial charge in [-0.3, -0.25) is 4.90 Å². The molecule has 1 aliphatic heterocycles. The summed E-state index contributed by atoms with van der Waals surface area (Å²) in [5, 5.41) is 0. The molecule has 1 aliphatic rings. The van der Waals surface area contributed by atoms with Gasteiger partial charge in [-0.2, -0.15) is 0 Å². The van der Waals surface area contributed by atoms with Gasteiger partial charge in [0, 0.05) is 37.9 Å². The number of methoxy groups -OCH3 is 1. The highest BCUT2D eigenvalue weighted by Gasteiger charge is 2.24. The van der Waals surface area contributed by atoms with E-state index in [0.717, 1.165) is 43.2 Å². The molecule has 1 fully saturated rings. The van der Waals surface area contributed by atoms with Crippen molar-refractivity contribution >= 4 is 5.69 Å². The summed E-state index contributed by atoms with van der Waals surface area (Å²) in [6, 6.07) is 25.8. The average molecular weight is 417 g/mol. The quantitative estimate of drug-likeness (QED) is 0.522. The van der Waals surface area contributed by atoms with Crippen molar-refractivity contribution in [2.45, 2.75) is 33.0 Å². The predicted molar refractivity (Wildman–Crippen MR) is 127 cm³/mol. The Kier molecular flexibility index (Phi) is 6.78. The van der Waals surface area contributed by atoms with Crippen molar-refractivity contribution in [3.63, 3.8) is 0 Å². The molecule has 0 aliphatic carbocycles. The zero-order valence-corrected chi connectivity index (χ0v) is 18.8. The van der Waals surface area contributed by atoms with Gasteiger partial charge in [-0.15, -0.1) is 0 Å². The summed E-state index contributed by atoms with van der Waals surface area (Å²) >= 11 is 0. The van der Waals surface area contributed by atoms with Gasteiger partial charge in [0.15, 0.2) is 11.5 Å². The Balaban J connectivity index is 1.37. The van der Waals surface area contributed by atoms with E-state index in [1.165, 1.54) is 16.8 Å². The third kappa shape index (κ3) is 5.39. The van der Waals surface area contributed by atoms with Gasteiger partial charge in [0.05, 0.1) is 7.11 Å². The van der Waals surface area contributed by atoms with Crippen LogP contribution < -0.4 is 14.4 Å². The maximum atomic E-state index is 6.00. The highest BCUT2D eigenvalue weighted by molar-refractivity contribution is 5.50. The molecule has 0 radical (unpaired) electrons. The molecule has 4 heteroatoms. The lowest BCUT2D eigenvalue weighted by atomic mass is 10.1. The molecule has 1 heterocycles. The summed E-state index contributed by atoms with van der Waals surface area (Å²) in [4.78, 5) is 5.04. The number of nitrogens with zero attached hydrogens (tertiary/aromatic N) is 2. The van der Waals surface area contributed by atoms with Crippen LogP contribution in [0.2, 0.25) is 0 Å². The number of anilines is 1. The van der Waals surface area contributed by atoms with Gasteiger partial charge < -0.3 is 14.4 Å². The van der Waals surface area contributed by atoms with E-state index in [1.807, 2.05) is 24.3 Å². The molecule has 3 aromatic carbocycles. The van der Waals surface area contributed by atoms with Gasteiger partial charge in [-0.1, -0.05) is 48.5 Å². The van der Waals surface area contributed by atoms with Gasteiger partial charge in [0.2, 0.25) is 0 Å². The second kappa shape index (κ2) is 9.88. The fourth-order valence-corrected chi connectivity index (χ4v) is 4.29. The van der Waals surface area contributed by atoms with E-state index in [2.05, 4.69) is 72.2 Å². The molecule has 0 spiro atoms. The molecule has 0 N–H and O–H groups in total. The molecule has 1 atom stereocenters. The van der Waals surface area contributed by atoms with Gasteiger partial charge in [-0.05, 0) is 54.8 Å². The number of rotatable bonds is 7. The Morgan fingerprint density at radius 1 is 0.871 bits per heavy atom. The van der Waals surface area contributed by atoms with Crippen molar-refractivity contribution in [1.29, 1.82) is 0 Å². The van der Waals surface area contributed by atoms with Crippen LogP contribution in [0.25, 0.3) is 0 Å². The van der Waals surface area contributed by atoms with Gasteiger partial charge >= 0.3 is 0 Å². The van der Waals surface area contributed by atoms with Crippen LogP contribution in [0.4, 0.5) is 5.69 Å². The highest BCUT2D eigenvalue weighted by atomic mass is 16.5. The van der Waals surface area contributed by atoms with Crippen LogP contribution in [0.1, 0.15) is 23.6 Å². The molecule has 31 heavy (non-hydrogen) atoms. The topological polar surface area (TPSA) is 24.9 Å². The molecule has 162 valence electrons. The first-order chi connectivity index (χ1) is 15.1. The molecule has 0 bridgehead atoms. The van der Waals surface area contributed by atoms with Crippen molar-refractivity contribution in [1.82, 2.24) is 4.90 Å². The minimum atomic E-state index is 0.478. The number of piperazine rings is 1. The van der Waals surface area contributed by atoms with Crippen molar-refractivity contribution in [3.05, 3.63) is 89.5 Å². The lowest BCUT2D eigenvalue weighted by Gasteiger charge is -2.41. The molecule has 3 aromatic rings. The van der Waals surface area contributed by atoms with E-state index in [1.54, 1.807) is 7.11 Å². The molecular weight excluding hydrogens is 384 g/mol. The Morgan fingerprint density at radius 2 is 1.71 bits per heavy atom. The first-order valence-electron chi connectivity index (χ1n) is 11.0. The van der Waals surface area contributed by atoms with E-state index in [0.29, 0.717) is 12.6 Å². The summed E-state index contributed by atoms with van der Waals surface area (Å²) < 4.78 is 11.6. The van der Waals surface area contributed by atoms with E-state index in [9.17, 15) is 0 Å². The lowest BCUT2D eigenvalue weighted by Crippen LogP contribution is -2.51. The maximum absolute atomic E-state index is 6.00. The van der Waals surface area contributed by atoms with Crippen molar-refractivity contribution < 1.29 is 9.47 Å². The van der Waals surface area contributed by atoms with E-state index < -0.39 is 0 Å². The number of ether oxygens (including phenoxy) is 2. The smallest absolute Gasteiger partial charge is 0.161 e. The largest absolute Gasteiger partial charge is 0.493 e. The second-order valence-corrected chi connectivity index (χ2v) is 8.38. The van der Waals surface area contributed by atoms with E-state index in [-0.39, 0.29) is 0 Å². The standard InChI is InChI=1S/C27H32N2O2/c1-21-8-7-11-25(16-21)29-15-14-28(18-22(29)2)19-24-12-13-26(27(17-24)30-3)31-20-23-9-5-4-6-10-23/h4-13,16-17,22H,14-15,18-20H2,1-3H3. The van der Waals surface area contributed by atoms with Crippen LogP contribution in [-0.4, -0.2) is 37.7 Å². The first kappa shape index (κ1) is 21.3. The highest BCUT2D eigenvalue weighted by Crippen LogP contribution is 2.30. The fraction of sp³-hybridized carbons (Fsp3) is 0.333. The molecule has 4 rings (SSSR count). The number of benzene rings is 3. The van der Waals surface area contributed by atoms with Crippen LogP contribution in [-0.2, 0) is 13.2 Å². The predicted octanol–water partition coefficient (Wildman–Crippen LogP) is 5.29. The minimum Gasteiger partial charge on any atom is -0.493 e. The third-order valence-corrected chi connectivity index (χ3v) is 5.92. The zero-order valence-electron chi connectivity index (χ0n) is 18.8.